The quantitative estimate of drug-likeness (QED) is 0.696. The zero-order valence-electron chi connectivity index (χ0n) is 7.40. The van der Waals surface area contributed by atoms with Gasteiger partial charge in [-0.25, -0.2) is 0 Å². The molecule has 0 radical (unpaired) electrons. The van der Waals surface area contributed by atoms with Crippen LogP contribution in [-0.2, 0) is 6.42 Å². The first-order valence-electron chi connectivity index (χ1n) is 4.41. The Hall–Kier alpha value is -0.400. The van der Waals surface area contributed by atoms with Crippen LogP contribution in [0.3, 0.4) is 0 Å². The van der Waals surface area contributed by atoms with Crippen LogP contribution in [0.4, 0.5) is 5.69 Å². The third-order valence-corrected chi connectivity index (χ3v) is 2.94. The van der Waals surface area contributed by atoms with Crippen molar-refractivity contribution < 1.29 is 0 Å². The lowest BCUT2D eigenvalue weighted by atomic mass is 9.99. The minimum atomic E-state index is 0.516. The van der Waals surface area contributed by atoms with Crippen molar-refractivity contribution in [3.05, 3.63) is 27.7 Å². The Labute approximate surface area is 88.0 Å². The van der Waals surface area contributed by atoms with Crippen LogP contribution in [0.1, 0.15) is 18.9 Å². The molecule has 0 fully saturated rings. The minimum absolute atomic E-state index is 0.516. The summed E-state index contributed by atoms with van der Waals surface area (Å²) in [6.45, 7) is 2.16. The van der Waals surface area contributed by atoms with E-state index in [1.54, 1.807) is 6.07 Å². The lowest BCUT2D eigenvalue weighted by Gasteiger charge is -2.25. The van der Waals surface area contributed by atoms with E-state index >= 15 is 0 Å². The maximum absolute atomic E-state index is 6.07. The molecule has 0 aliphatic carbocycles. The molecule has 0 amide bonds. The Morgan fingerprint density at radius 1 is 1.38 bits per heavy atom. The molecule has 1 unspecified atom stereocenters. The fourth-order valence-corrected chi connectivity index (χ4v) is 2.27. The Morgan fingerprint density at radius 2 is 2.15 bits per heavy atom. The van der Waals surface area contributed by atoms with Gasteiger partial charge in [-0.15, -0.1) is 0 Å². The van der Waals surface area contributed by atoms with Crippen LogP contribution in [-0.4, -0.2) is 6.04 Å². The monoisotopic (exact) mass is 215 g/mol. The topological polar surface area (TPSA) is 12.0 Å². The van der Waals surface area contributed by atoms with Crippen molar-refractivity contribution in [2.75, 3.05) is 5.32 Å². The number of halogens is 2. The summed E-state index contributed by atoms with van der Waals surface area (Å²) >= 11 is 12.0. The van der Waals surface area contributed by atoms with Crippen LogP contribution in [0.15, 0.2) is 12.1 Å². The molecular weight excluding hydrogens is 205 g/mol. The van der Waals surface area contributed by atoms with Crippen molar-refractivity contribution in [2.45, 2.75) is 25.8 Å². The van der Waals surface area contributed by atoms with Crippen molar-refractivity contribution in [3.8, 4) is 0 Å². The van der Waals surface area contributed by atoms with Gasteiger partial charge in [0.05, 0.1) is 0 Å². The molecule has 1 N–H and O–H groups in total. The molecule has 0 saturated carbocycles. The van der Waals surface area contributed by atoms with Crippen LogP contribution >= 0.6 is 23.2 Å². The highest BCUT2D eigenvalue weighted by Gasteiger charge is 2.16. The van der Waals surface area contributed by atoms with Crippen LogP contribution in [0.25, 0.3) is 0 Å². The number of fused-ring (bicyclic) bond motifs is 1. The summed E-state index contributed by atoms with van der Waals surface area (Å²) in [5.41, 5.74) is 2.29. The lowest BCUT2D eigenvalue weighted by molar-refractivity contribution is 0.681. The second-order valence-corrected chi connectivity index (χ2v) is 4.34. The van der Waals surface area contributed by atoms with Crippen LogP contribution in [0, 0.1) is 0 Å². The Kier molecular flexibility index (Phi) is 2.39. The average molecular weight is 216 g/mol. The largest absolute Gasteiger partial charge is 0.382 e. The average Bonchev–Trinajstić information content (AvgIpc) is 2.02. The van der Waals surface area contributed by atoms with E-state index in [2.05, 4.69) is 12.2 Å². The first-order valence-corrected chi connectivity index (χ1v) is 5.17. The van der Waals surface area contributed by atoms with E-state index in [1.165, 1.54) is 5.56 Å². The minimum Gasteiger partial charge on any atom is -0.382 e. The standard InChI is InChI=1S/C10H11Cl2N/c1-6-2-3-8-9(12)4-7(11)5-10(8)13-6/h4-6,13H,2-3H2,1H3. The molecule has 0 aromatic heterocycles. The number of hydrogen-bond donors (Lipinski definition) is 1. The highest BCUT2D eigenvalue weighted by Crippen LogP contribution is 2.33. The van der Waals surface area contributed by atoms with Gasteiger partial charge in [0.15, 0.2) is 0 Å². The molecule has 2 rings (SSSR count). The Bertz CT molecular complexity index is 336. The van der Waals surface area contributed by atoms with Crippen LogP contribution < -0.4 is 5.32 Å². The fourth-order valence-electron chi connectivity index (χ4n) is 1.68. The lowest BCUT2D eigenvalue weighted by Crippen LogP contribution is -2.22. The molecule has 0 saturated heterocycles. The molecule has 0 spiro atoms. The summed E-state index contributed by atoms with van der Waals surface area (Å²) in [5.74, 6) is 0. The van der Waals surface area contributed by atoms with E-state index in [1.807, 2.05) is 6.07 Å². The summed E-state index contributed by atoms with van der Waals surface area (Å²) in [6, 6.07) is 4.26. The van der Waals surface area contributed by atoms with Gasteiger partial charge >= 0.3 is 0 Å². The van der Waals surface area contributed by atoms with E-state index < -0.39 is 0 Å². The van der Waals surface area contributed by atoms with Gasteiger partial charge in [0.2, 0.25) is 0 Å². The number of benzene rings is 1. The molecule has 1 atom stereocenters. The van der Waals surface area contributed by atoms with E-state index in [0.29, 0.717) is 11.1 Å². The highest BCUT2D eigenvalue weighted by atomic mass is 35.5. The van der Waals surface area contributed by atoms with Gasteiger partial charge in [0.1, 0.15) is 0 Å². The summed E-state index contributed by atoms with van der Waals surface area (Å²) < 4.78 is 0. The molecule has 1 aliphatic heterocycles. The maximum Gasteiger partial charge on any atom is 0.0473 e. The number of nitrogens with one attached hydrogen (secondary N) is 1. The normalized spacial score (nSPS) is 20.7. The van der Waals surface area contributed by atoms with Crippen molar-refractivity contribution in [3.63, 3.8) is 0 Å². The Balaban J connectivity index is 2.47. The van der Waals surface area contributed by atoms with Gasteiger partial charge in [-0.1, -0.05) is 23.2 Å². The summed E-state index contributed by atoms with van der Waals surface area (Å²) in [6.07, 6.45) is 2.17. The second kappa shape index (κ2) is 3.39. The first-order chi connectivity index (χ1) is 6.16. The molecule has 13 heavy (non-hydrogen) atoms. The van der Waals surface area contributed by atoms with Gasteiger partial charge < -0.3 is 5.32 Å². The van der Waals surface area contributed by atoms with Crippen molar-refractivity contribution >= 4 is 28.9 Å². The molecule has 1 aromatic rings. The molecule has 0 bridgehead atoms. The van der Waals surface area contributed by atoms with Gasteiger partial charge in [-0.3, -0.25) is 0 Å². The summed E-state index contributed by atoms with van der Waals surface area (Å²) in [7, 11) is 0. The fraction of sp³-hybridized carbons (Fsp3) is 0.400. The second-order valence-electron chi connectivity index (χ2n) is 3.50. The highest BCUT2D eigenvalue weighted by molar-refractivity contribution is 6.35. The molecule has 3 heteroatoms. The van der Waals surface area contributed by atoms with E-state index in [0.717, 1.165) is 23.6 Å². The number of anilines is 1. The van der Waals surface area contributed by atoms with Gasteiger partial charge in [0.25, 0.3) is 0 Å². The van der Waals surface area contributed by atoms with Gasteiger partial charge in [-0.05, 0) is 37.5 Å². The predicted octanol–water partition coefficient (Wildman–Crippen LogP) is 3.74. The van der Waals surface area contributed by atoms with Crippen molar-refractivity contribution in [1.29, 1.82) is 0 Å². The number of rotatable bonds is 0. The SMILES string of the molecule is CC1CCc2c(Cl)cc(Cl)cc2N1. The van der Waals surface area contributed by atoms with E-state index in [4.69, 9.17) is 23.2 Å². The molecule has 1 aliphatic rings. The third-order valence-electron chi connectivity index (χ3n) is 2.39. The zero-order chi connectivity index (χ0) is 9.42. The first kappa shape index (κ1) is 9.17. The zero-order valence-corrected chi connectivity index (χ0v) is 8.91. The van der Waals surface area contributed by atoms with Crippen LogP contribution in [0.5, 0.6) is 0 Å². The van der Waals surface area contributed by atoms with Crippen LogP contribution in [0.2, 0.25) is 10.0 Å². The van der Waals surface area contributed by atoms with E-state index in [9.17, 15) is 0 Å². The molecule has 1 heterocycles. The van der Waals surface area contributed by atoms with Gasteiger partial charge in [0, 0.05) is 21.8 Å². The third kappa shape index (κ3) is 1.77. The smallest absolute Gasteiger partial charge is 0.0473 e. The molecule has 1 nitrogen and oxygen atoms in total. The molecule has 70 valence electrons. The number of hydrogen-bond acceptors (Lipinski definition) is 1. The van der Waals surface area contributed by atoms with Crippen molar-refractivity contribution in [2.24, 2.45) is 0 Å². The summed E-state index contributed by atoms with van der Waals surface area (Å²) in [4.78, 5) is 0. The van der Waals surface area contributed by atoms with Crippen molar-refractivity contribution in [1.82, 2.24) is 0 Å². The molecular formula is C10H11Cl2N. The van der Waals surface area contributed by atoms with E-state index in [-0.39, 0.29) is 0 Å². The maximum atomic E-state index is 6.07. The Morgan fingerprint density at radius 3 is 2.92 bits per heavy atom. The summed E-state index contributed by atoms with van der Waals surface area (Å²) in [5, 5.41) is 4.85. The van der Waals surface area contributed by atoms with Gasteiger partial charge in [-0.2, -0.15) is 0 Å². The molecule has 1 aromatic carbocycles. The predicted molar refractivity (Wildman–Crippen MR) is 57.9 cm³/mol.